The summed E-state index contributed by atoms with van der Waals surface area (Å²) in [5, 5.41) is 3.16. The van der Waals surface area contributed by atoms with Gasteiger partial charge in [-0.3, -0.25) is 9.59 Å². The maximum atomic E-state index is 13.5. The topological polar surface area (TPSA) is 67.9 Å². The number of carbonyl (C=O) groups is 2. The van der Waals surface area contributed by atoms with Gasteiger partial charge in [0.05, 0.1) is 25.0 Å². The molecular formula is C27H26N2O4. The number of anilines is 2. The quantitative estimate of drug-likeness (QED) is 0.490. The maximum absolute atomic E-state index is 13.5. The zero-order valence-electron chi connectivity index (χ0n) is 18.9. The van der Waals surface area contributed by atoms with Gasteiger partial charge >= 0.3 is 0 Å². The van der Waals surface area contributed by atoms with E-state index in [-0.39, 0.29) is 11.6 Å². The highest BCUT2D eigenvalue weighted by molar-refractivity contribution is 6.46. The van der Waals surface area contributed by atoms with E-state index in [9.17, 15) is 9.59 Å². The van der Waals surface area contributed by atoms with Crippen molar-refractivity contribution in [2.75, 3.05) is 23.9 Å². The van der Waals surface area contributed by atoms with Crippen molar-refractivity contribution >= 4 is 28.8 Å². The molecule has 0 bridgehead atoms. The van der Waals surface area contributed by atoms with Gasteiger partial charge in [0.1, 0.15) is 17.2 Å². The molecule has 0 spiro atoms. The van der Waals surface area contributed by atoms with Crippen molar-refractivity contribution < 1.29 is 19.1 Å². The van der Waals surface area contributed by atoms with Crippen LogP contribution in [0, 0.1) is 5.92 Å². The summed E-state index contributed by atoms with van der Waals surface area (Å²) in [6, 6.07) is 23.4. The Balaban J connectivity index is 1.73. The second kappa shape index (κ2) is 9.61. The number of nitrogens with one attached hydrogen (secondary N) is 1. The molecule has 3 aromatic carbocycles. The minimum atomic E-state index is -0.413. The summed E-state index contributed by atoms with van der Waals surface area (Å²) in [6.45, 7) is 4.76. The zero-order valence-corrected chi connectivity index (χ0v) is 18.9. The van der Waals surface area contributed by atoms with Gasteiger partial charge in [-0.1, -0.05) is 50.2 Å². The Morgan fingerprint density at radius 1 is 0.848 bits per heavy atom. The summed E-state index contributed by atoms with van der Waals surface area (Å²) < 4.78 is 11.1. The smallest absolute Gasteiger partial charge is 0.282 e. The third kappa shape index (κ3) is 4.75. The highest BCUT2D eigenvalue weighted by Crippen LogP contribution is 2.34. The third-order valence-corrected chi connectivity index (χ3v) is 5.16. The highest BCUT2D eigenvalue weighted by Gasteiger charge is 2.40. The number of para-hydroxylation sites is 1. The second-order valence-corrected chi connectivity index (χ2v) is 8.12. The maximum Gasteiger partial charge on any atom is 0.282 e. The minimum absolute atomic E-state index is 0.216. The van der Waals surface area contributed by atoms with E-state index < -0.39 is 5.91 Å². The number of imide groups is 1. The van der Waals surface area contributed by atoms with E-state index in [2.05, 4.69) is 19.2 Å². The Bertz CT molecular complexity index is 1180. The lowest BCUT2D eigenvalue weighted by Gasteiger charge is -2.15. The van der Waals surface area contributed by atoms with Crippen molar-refractivity contribution in [1.82, 2.24) is 0 Å². The number of rotatable bonds is 8. The number of benzene rings is 3. The fourth-order valence-electron chi connectivity index (χ4n) is 3.55. The van der Waals surface area contributed by atoms with Crippen molar-refractivity contribution in [1.29, 1.82) is 0 Å². The lowest BCUT2D eigenvalue weighted by Crippen LogP contribution is -2.32. The molecular weight excluding hydrogens is 416 g/mol. The molecule has 33 heavy (non-hydrogen) atoms. The summed E-state index contributed by atoms with van der Waals surface area (Å²) in [6.07, 6.45) is 0. The molecule has 0 unspecified atom stereocenters. The van der Waals surface area contributed by atoms with Gasteiger partial charge in [0.25, 0.3) is 11.8 Å². The molecule has 1 heterocycles. The molecule has 0 fully saturated rings. The van der Waals surface area contributed by atoms with E-state index in [1.54, 1.807) is 49.6 Å². The molecule has 0 aromatic heterocycles. The van der Waals surface area contributed by atoms with Crippen LogP contribution in [0.25, 0.3) is 5.57 Å². The van der Waals surface area contributed by atoms with Gasteiger partial charge in [-0.25, -0.2) is 4.90 Å². The van der Waals surface area contributed by atoms with E-state index in [0.29, 0.717) is 46.5 Å². The molecule has 1 N–H and O–H groups in total. The van der Waals surface area contributed by atoms with E-state index >= 15 is 0 Å². The molecule has 4 rings (SSSR count). The molecule has 2 amide bonds. The van der Waals surface area contributed by atoms with Crippen LogP contribution in [0.4, 0.5) is 11.4 Å². The molecule has 6 heteroatoms. The fraction of sp³-hybridized carbons (Fsp3) is 0.185. The van der Waals surface area contributed by atoms with E-state index in [4.69, 9.17) is 9.47 Å². The SMILES string of the molecule is COc1cccc(NC2=C(c3ccc(OCC(C)C)cc3)C(=O)N(c3ccccc3)C2=O)c1. The van der Waals surface area contributed by atoms with Gasteiger partial charge in [-0.2, -0.15) is 0 Å². The van der Waals surface area contributed by atoms with Crippen LogP contribution in [-0.4, -0.2) is 25.5 Å². The molecule has 0 radical (unpaired) electrons. The lowest BCUT2D eigenvalue weighted by atomic mass is 10.0. The Morgan fingerprint density at radius 3 is 2.24 bits per heavy atom. The Kier molecular flexibility index (Phi) is 6.45. The Hall–Kier alpha value is -4.06. The predicted octanol–water partition coefficient (Wildman–Crippen LogP) is 5.13. The van der Waals surface area contributed by atoms with Crippen LogP contribution >= 0.6 is 0 Å². The molecule has 1 aliphatic rings. The summed E-state index contributed by atoms with van der Waals surface area (Å²) in [5.74, 6) is 0.966. The van der Waals surface area contributed by atoms with Gasteiger partial charge in [-0.05, 0) is 47.9 Å². The Labute approximate surface area is 193 Å². The van der Waals surface area contributed by atoms with Crippen LogP contribution in [0.15, 0.2) is 84.6 Å². The molecule has 1 aliphatic heterocycles. The number of hydrogen-bond acceptors (Lipinski definition) is 5. The first-order chi connectivity index (χ1) is 16.0. The minimum Gasteiger partial charge on any atom is -0.497 e. The third-order valence-electron chi connectivity index (χ3n) is 5.16. The molecule has 168 valence electrons. The van der Waals surface area contributed by atoms with E-state index in [0.717, 1.165) is 0 Å². The summed E-state index contributed by atoms with van der Waals surface area (Å²) in [4.78, 5) is 28.1. The molecule has 6 nitrogen and oxygen atoms in total. The van der Waals surface area contributed by atoms with Gasteiger partial charge in [0, 0.05) is 11.8 Å². The van der Waals surface area contributed by atoms with Crippen LogP contribution in [-0.2, 0) is 9.59 Å². The van der Waals surface area contributed by atoms with Gasteiger partial charge < -0.3 is 14.8 Å². The van der Waals surface area contributed by atoms with Gasteiger partial charge in [0.15, 0.2) is 0 Å². The van der Waals surface area contributed by atoms with Gasteiger partial charge in [0.2, 0.25) is 0 Å². The summed E-state index contributed by atoms with van der Waals surface area (Å²) in [5.41, 5.74) is 2.32. The molecule has 0 aliphatic carbocycles. The van der Waals surface area contributed by atoms with Crippen molar-refractivity contribution in [3.05, 3.63) is 90.1 Å². The first kappa shape index (κ1) is 22.1. The average molecular weight is 443 g/mol. The number of nitrogens with zero attached hydrogens (tertiary/aromatic N) is 1. The number of hydrogen-bond donors (Lipinski definition) is 1. The standard InChI is InChI=1S/C27H26N2O4/c1-18(2)17-33-22-14-12-19(13-15-22)24-25(28-20-8-7-11-23(16-20)32-3)27(31)29(26(24)30)21-9-5-4-6-10-21/h4-16,18,28H,17H2,1-3H3. The van der Waals surface area contributed by atoms with Crippen LogP contribution in [0.5, 0.6) is 11.5 Å². The van der Waals surface area contributed by atoms with E-state index in [1.165, 1.54) is 4.90 Å². The normalized spacial score (nSPS) is 13.6. The van der Waals surface area contributed by atoms with Crippen LogP contribution < -0.4 is 19.7 Å². The summed E-state index contributed by atoms with van der Waals surface area (Å²) in [7, 11) is 1.58. The lowest BCUT2D eigenvalue weighted by molar-refractivity contribution is -0.120. The van der Waals surface area contributed by atoms with Crippen molar-refractivity contribution in [3.63, 3.8) is 0 Å². The van der Waals surface area contributed by atoms with Crippen LogP contribution in [0.2, 0.25) is 0 Å². The largest absolute Gasteiger partial charge is 0.497 e. The first-order valence-electron chi connectivity index (χ1n) is 10.8. The first-order valence-corrected chi connectivity index (χ1v) is 10.8. The average Bonchev–Trinajstić information content (AvgIpc) is 3.07. The number of amides is 2. The number of methoxy groups -OCH3 is 1. The number of ether oxygens (including phenoxy) is 2. The highest BCUT2D eigenvalue weighted by atomic mass is 16.5. The van der Waals surface area contributed by atoms with Crippen LogP contribution in [0.1, 0.15) is 19.4 Å². The van der Waals surface area contributed by atoms with Crippen molar-refractivity contribution in [2.45, 2.75) is 13.8 Å². The molecule has 0 atom stereocenters. The molecule has 0 saturated heterocycles. The molecule has 0 saturated carbocycles. The van der Waals surface area contributed by atoms with Gasteiger partial charge in [-0.15, -0.1) is 0 Å². The van der Waals surface area contributed by atoms with Crippen molar-refractivity contribution in [3.8, 4) is 11.5 Å². The molecule has 3 aromatic rings. The van der Waals surface area contributed by atoms with Crippen molar-refractivity contribution in [2.24, 2.45) is 5.92 Å². The monoisotopic (exact) mass is 442 g/mol. The second-order valence-electron chi connectivity index (χ2n) is 8.12. The van der Waals surface area contributed by atoms with Crippen LogP contribution in [0.3, 0.4) is 0 Å². The zero-order chi connectivity index (χ0) is 23.4. The Morgan fingerprint density at radius 2 is 1.58 bits per heavy atom. The fourth-order valence-corrected chi connectivity index (χ4v) is 3.55. The predicted molar refractivity (Wildman–Crippen MR) is 129 cm³/mol. The number of carbonyl (C=O) groups excluding carboxylic acids is 2. The summed E-state index contributed by atoms with van der Waals surface area (Å²) >= 11 is 0. The van der Waals surface area contributed by atoms with E-state index in [1.807, 2.05) is 36.4 Å².